The van der Waals surface area contributed by atoms with Gasteiger partial charge in [-0.05, 0) is 43.0 Å². The van der Waals surface area contributed by atoms with Gasteiger partial charge in [-0.25, -0.2) is 4.68 Å². The fourth-order valence-corrected chi connectivity index (χ4v) is 3.28. The lowest BCUT2D eigenvalue weighted by atomic mass is 10.1. The van der Waals surface area contributed by atoms with Crippen LogP contribution in [0.25, 0.3) is 0 Å². The van der Waals surface area contributed by atoms with E-state index < -0.39 is 0 Å². The summed E-state index contributed by atoms with van der Waals surface area (Å²) in [6, 6.07) is 0.689. The van der Waals surface area contributed by atoms with Crippen LogP contribution < -0.4 is 0 Å². The Labute approximate surface area is 120 Å². The monoisotopic (exact) mass is 281 g/mol. The molecule has 1 aromatic heterocycles. The number of aromatic nitrogens is 4. The van der Waals surface area contributed by atoms with E-state index >= 15 is 0 Å². The average molecular weight is 281 g/mol. The molecular weight excluding hydrogens is 258 g/mol. The largest absolute Gasteiger partial charge is 0.363 e. The van der Waals surface area contributed by atoms with Gasteiger partial charge in [-0.3, -0.25) is 0 Å². The van der Waals surface area contributed by atoms with Gasteiger partial charge in [0, 0.05) is 26.1 Å². The molecule has 1 aliphatic rings. The lowest BCUT2D eigenvalue weighted by Gasteiger charge is -2.30. The molecule has 106 valence electrons. The molecule has 1 aliphatic carbocycles. The van der Waals surface area contributed by atoms with E-state index in [1.54, 1.807) is 4.68 Å². The van der Waals surface area contributed by atoms with Crippen LogP contribution in [-0.2, 0) is 13.5 Å². The molecule has 1 aromatic rings. The number of tetrazole rings is 1. The van der Waals surface area contributed by atoms with Crippen LogP contribution in [0.3, 0.4) is 0 Å². The third-order valence-electron chi connectivity index (χ3n) is 3.93. The standard InChI is InChI=1S/C13H23N5S/c1-3-18(11-7-4-5-8-11)13(19)10-6-9-12-14-15-16-17(12)2/h11H,3-10H2,1-2H3. The Morgan fingerprint density at radius 2 is 2.16 bits per heavy atom. The molecule has 2 rings (SSSR count). The summed E-state index contributed by atoms with van der Waals surface area (Å²) in [5, 5.41) is 11.5. The van der Waals surface area contributed by atoms with Crippen molar-refractivity contribution in [2.45, 2.75) is 57.9 Å². The maximum absolute atomic E-state index is 5.61. The summed E-state index contributed by atoms with van der Waals surface area (Å²) in [4.78, 5) is 3.54. The van der Waals surface area contributed by atoms with Crippen molar-refractivity contribution in [3.05, 3.63) is 5.82 Å². The summed E-state index contributed by atoms with van der Waals surface area (Å²) in [6.07, 6.45) is 8.21. The van der Waals surface area contributed by atoms with Crippen molar-refractivity contribution in [2.24, 2.45) is 7.05 Å². The molecule has 0 amide bonds. The average Bonchev–Trinajstić information content (AvgIpc) is 3.03. The zero-order valence-corrected chi connectivity index (χ0v) is 12.7. The molecule has 0 unspecified atom stereocenters. The highest BCUT2D eigenvalue weighted by atomic mass is 32.1. The van der Waals surface area contributed by atoms with Crippen molar-refractivity contribution >= 4 is 17.2 Å². The van der Waals surface area contributed by atoms with Gasteiger partial charge < -0.3 is 4.90 Å². The molecule has 1 heterocycles. The van der Waals surface area contributed by atoms with Crippen LogP contribution in [0.15, 0.2) is 0 Å². The molecule has 0 saturated heterocycles. The Balaban J connectivity index is 1.78. The summed E-state index contributed by atoms with van der Waals surface area (Å²) < 4.78 is 1.73. The molecule has 0 radical (unpaired) electrons. The van der Waals surface area contributed by atoms with Crippen LogP contribution in [-0.4, -0.2) is 42.7 Å². The molecular formula is C13H23N5S. The van der Waals surface area contributed by atoms with E-state index in [-0.39, 0.29) is 0 Å². The zero-order chi connectivity index (χ0) is 13.7. The van der Waals surface area contributed by atoms with E-state index in [0.29, 0.717) is 6.04 Å². The number of aryl methyl sites for hydroxylation is 2. The predicted octanol–water partition coefficient (Wildman–Crippen LogP) is 2.12. The van der Waals surface area contributed by atoms with Crippen LogP contribution in [0.1, 0.15) is 51.3 Å². The molecule has 1 fully saturated rings. The summed E-state index contributed by atoms with van der Waals surface area (Å²) in [7, 11) is 1.88. The van der Waals surface area contributed by atoms with Crippen molar-refractivity contribution in [3.63, 3.8) is 0 Å². The number of hydrogen-bond acceptors (Lipinski definition) is 4. The molecule has 19 heavy (non-hydrogen) atoms. The van der Waals surface area contributed by atoms with Crippen molar-refractivity contribution in [2.75, 3.05) is 6.54 Å². The highest BCUT2D eigenvalue weighted by Crippen LogP contribution is 2.24. The minimum absolute atomic E-state index is 0.689. The van der Waals surface area contributed by atoms with Gasteiger partial charge in [-0.15, -0.1) is 5.10 Å². The van der Waals surface area contributed by atoms with Gasteiger partial charge in [0.15, 0.2) is 5.82 Å². The Morgan fingerprint density at radius 3 is 2.74 bits per heavy atom. The minimum Gasteiger partial charge on any atom is -0.363 e. The topological polar surface area (TPSA) is 46.8 Å². The van der Waals surface area contributed by atoms with Crippen LogP contribution in [0.2, 0.25) is 0 Å². The van der Waals surface area contributed by atoms with E-state index in [2.05, 4.69) is 27.3 Å². The van der Waals surface area contributed by atoms with E-state index in [1.165, 1.54) is 25.7 Å². The summed E-state index contributed by atoms with van der Waals surface area (Å²) in [5.41, 5.74) is 0. The van der Waals surface area contributed by atoms with Gasteiger partial charge in [0.2, 0.25) is 0 Å². The summed E-state index contributed by atoms with van der Waals surface area (Å²) in [5.74, 6) is 0.937. The second-order valence-electron chi connectivity index (χ2n) is 5.19. The molecule has 0 bridgehead atoms. The van der Waals surface area contributed by atoms with Crippen molar-refractivity contribution in [3.8, 4) is 0 Å². The van der Waals surface area contributed by atoms with Gasteiger partial charge >= 0.3 is 0 Å². The fraction of sp³-hybridized carbons (Fsp3) is 0.846. The third-order valence-corrected chi connectivity index (χ3v) is 4.36. The first-order valence-electron chi connectivity index (χ1n) is 7.23. The van der Waals surface area contributed by atoms with Crippen molar-refractivity contribution in [1.29, 1.82) is 0 Å². The number of hydrogen-bond donors (Lipinski definition) is 0. The quantitative estimate of drug-likeness (QED) is 0.748. The molecule has 5 nitrogen and oxygen atoms in total. The summed E-state index contributed by atoms with van der Waals surface area (Å²) in [6.45, 7) is 3.24. The molecule has 0 atom stereocenters. The van der Waals surface area contributed by atoms with E-state index in [1.807, 2.05) is 7.05 Å². The first kappa shape index (κ1) is 14.4. The number of thiocarbonyl (C=S) groups is 1. The molecule has 0 aromatic carbocycles. The van der Waals surface area contributed by atoms with Gasteiger partial charge in [0.1, 0.15) is 0 Å². The highest BCUT2D eigenvalue weighted by molar-refractivity contribution is 7.80. The molecule has 0 N–H and O–H groups in total. The second-order valence-corrected chi connectivity index (χ2v) is 5.66. The lowest BCUT2D eigenvalue weighted by molar-refractivity contribution is 0.328. The molecule has 1 saturated carbocycles. The zero-order valence-electron chi connectivity index (χ0n) is 11.9. The molecule has 0 aliphatic heterocycles. The van der Waals surface area contributed by atoms with Gasteiger partial charge in [-0.1, -0.05) is 25.1 Å². The minimum atomic E-state index is 0.689. The normalized spacial score (nSPS) is 15.9. The first-order valence-corrected chi connectivity index (χ1v) is 7.64. The number of rotatable bonds is 6. The van der Waals surface area contributed by atoms with Crippen LogP contribution in [0.5, 0.6) is 0 Å². The Kier molecular flexibility index (Phi) is 5.24. The predicted molar refractivity (Wildman–Crippen MR) is 79.0 cm³/mol. The van der Waals surface area contributed by atoms with Gasteiger partial charge in [-0.2, -0.15) is 0 Å². The van der Waals surface area contributed by atoms with Crippen LogP contribution in [0, 0.1) is 0 Å². The maximum atomic E-state index is 5.61. The SMILES string of the molecule is CCN(C(=S)CCCc1nnnn1C)C1CCCC1. The van der Waals surface area contributed by atoms with Crippen LogP contribution >= 0.6 is 12.2 Å². The van der Waals surface area contributed by atoms with E-state index in [4.69, 9.17) is 12.2 Å². The third kappa shape index (κ3) is 3.72. The molecule has 6 heteroatoms. The smallest absolute Gasteiger partial charge is 0.150 e. The Morgan fingerprint density at radius 1 is 1.42 bits per heavy atom. The summed E-state index contributed by atoms with van der Waals surface area (Å²) >= 11 is 5.61. The highest BCUT2D eigenvalue weighted by Gasteiger charge is 2.22. The fourth-order valence-electron chi connectivity index (χ4n) is 2.86. The van der Waals surface area contributed by atoms with Crippen molar-refractivity contribution in [1.82, 2.24) is 25.1 Å². The van der Waals surface area contributed by atoms with Gasteiger partial charge in [0.25, 0.3) is 0 Å². The lowest BCUT2D eigenvalue weighted by Crippen LogP contribution is -2.37. The maximum Gasteiger partial charge on any atom is 0.150 e. The first-order chi connectivity index (χ1) is 9.22. The van der Waals surface area contributed by atoms with Crippen LogP contribution in [0.4, 0.5) is 0 Å². The number of nitrogens with zero attached hydrogens (tertiary/aromatic N) is 5. The second kappa shape index (κ2) is 6.93. The molecule has 0 spiro atoms. The van der Waals surface area contributed by atoms with E-state index in [9.17, 15) is 0 Å². The van der Waals surface area contributed by atoms with Crippen molar-refractivity contribution < 1.29 is 0 Å². The Bertz CT molecular complexity index is 411. The van der Waals surface area contributed by atoms with Gasteiger partial charge in [0.05, 0.1) is 4.99 Å². The Hall–Kier alpha value is -1.04. The van der Waals surface area contributed by atoms with E-state index in [0.717, 1.165) is 36.6 Å².